The number of halogens is 1. The molecule has 0 spiro atoms. The van der Waals surface area contributed by atoms with E-state index in [4.69, 9.17) is 11.6 Å². The Hall–Kier alpha value is -0.913. The highest BCUT2D eigenvalue weighted by molar-refractivity contribution is 6.72. The van der Waals surface area contributed by atoms with Gasteiger partial charge in [0.2, 0.25) is 0 Å². The minimum absolute atomic E-state index is 0.0748. The van der Waals surface area contributed by atoms with E-state index in [2.05, 4.69) is 47.7 Å². The van der Waals surface area contributed by atoms with Crippen molar-refractivity contribution >= 4 is 31.0 Å². The van der Waals surface area contributed by atoms with Crippen LogP contribution in [0.2, 0.25) is 23.3 Å². The van der Waals surface area contributed by atoms with Gasteiger partial charge in [0.1, 0.15) is 17.1 Å². The van der Waals surface area contributed by atoms with Crippen LogP contribution < -0.4 is 0 Å². The first-order chi connectivity index (χ1) is 11.2. The molecule has 3 rings (SSSR count). The van der Waals surface area contributed by atoms with Crippen LogP contribution >= 0.6 is 11.6 Å². The summed E-state index contributed by atoms with van der Waals surface area (Å²) in [7, 11) is -2.12. The molecule has 0 atom stereocenters. The Bertz CT molecular complexity index is 715. The second-order valence-corrected chi connectivity index (χ2v) is 13.3. The molecule has 0 unspecified atom stereocenters. The fourth-order valence-electron chi connectivity index (χ4n) is 3.83. The third-order valence-electron chi connectivity index (χ3n) is 6.13. The molecule has 0 amide bonds. The lowest BCUT2D eigenvalue weighted by Gasteiger charge is -2.40. The molecule has 2 aromatic rings. The van der Waals surface area contributed by atoms with Crippen molar-refractivity contribution in [2.24, 2.45) is 5.92 Å². The van der Waals surface area contributed by atoms with Gasteiger partial charge in [0, 0.05) is 12.2 Å². The van der Waals surface area contributed by atoms with Gasteiger partial charge in [-0.1, -0.05) is 25.4 Å². The number of hydrogen-bond donors (Lipinski definition) is 1. The number of nitrogens with zero attached hydrogens (tertiary/aromatic N) is 3. The maximum absolute atomic E-state index is 10.5. The summed E-state index contributed by atoms with van der Waals surface area (Å²) in [5.41, 5.74) is 0.947. The molecule has 1 N–H and O–H groups in total. The Morgan fingerprint density at radius 1 is 1.25 bits per heavy atom. The number of aromatic nitrogens is 3. The molecule has 0 aliphatic heterocycles. The number of rotatable bonds is 4. The van der Waals surface area contributed by atoms with Crippen LogP contribution in [0, 0.1) is 5.92 Å². The summed E-state index contributed by atoms with van der Waals surface area (Å²) in [6.45, 7) is 8.61. The van der Waals surface area contributed by atoms with Crippen molar-refractivity contribution in [2.75, 3.05) is 0 Å². The van der Waals surface area contributed by atoms with Gasteiger partial charge in [0.25, 0.3) is 0 Å². The maximum atomic E-state index is 10.5. The standard InChI is InChI=1S/C18H28ClN3OSi/c1-18(2,24(3,4)23)11-13-5-7-14(8-6-13)22-10-9-15-16(19)20-12-21-17(15)22/h9-10,12-14,23H,5-8,11H2,1-4H3/t13-,14+. The predicted octanol–water partition coefficient (Wildman–Crippen LogP) is 5.18. The van der Waals surface area contributed by atoms with Gasteiger partial charge in [-0.15, -0.1) is 0 Å². The zero-order valence-electron chi connectivity index (χ0n) is 15.1. The van der Waals surface area contributed by atoms with E-state index in [1.54, 1.807) is 6.33 Å². The summed E-state index contributed by atoms with van der Waals surface area (Å²) in [6.07, 6.45) is 9.55. The second-order valence-electron chi connectivity index (χ2n) is 8.45. The first-order valence-electron chi connectivity index (χ1n) is 8.88. The fraction of sp³-hybridized carbons (Fsp3) is 0.667. The average Bonchev–Trinajstić information content (AvgIpc) is 2.92. The minimum atomic E-state index is -2.12. The molecule has 2 heterocycles. The lowest BCUT2D eigenvalue weighted by Crippen LogP contribution is -2.40. The molecule has 1 aliphatic carbocycles. The summed E-state index contributed by atoms with van der Waals surface area (Å²) in [5.74, 6) is 0.718. The van der Waals surface area contributed by atoms with Gasteiger partial charge in [-0.25, -0.2) is 9.97 Å². The molecule has 1 aliphatic rings. The van der Waals surface area contributed by atoms with Crippen molar-refractivity contribution in [1.29, 1.82) is 0 Å². The highest BCUT2D eigenvalue weighted by Crippen LogP contribution is 2.46. The van der Waals surface area contributed by atoms with E-state index in [0.29, 0.717) is 11.2 Å². The monoisotopic (exact) mass is 365 g/mol. The molecule has 24 heavy (non-hydrogen) atoms. The van der Waals surface area contributed by atoms with Gasteiger partial charge < -0.3 is 9.36 Å². The van der Waals surface area contributed by atoms with Gasteiger partial charge in [-0.2, -0.15) is 0 Å². The normalized spacial score (nSPS) is 22.9. The maximum Gasteiger partial charge on any atom is 0.188 e. The SMILES string of the molecule is CC(C)(C[C@H]1CC[C@@H](n2ccc3c(Cl)ncnc32)CC1)[Si](C)(C)O. The van der Waals surface area contributed by atoms with Crippen molar-refractivity contribution in [2.45, 2.75) is 70.1 Å². The molecule has 6 heteroatoms. The smallest absolute Gasteiger partial charge is 0.188 e. The second kappa shape index (κ2) is 6.43. The van der Waals surface area contributed by atoms with E-state index >= 15 is 0 Å². The van der Waals surface area contributed by atoms with E-state index in [1.165, 1.54) is 25.7 Å². The number of fused-ring (bicyclic) bond motifs is 1. The quantitative estimate of drug-likeness (QED) is 0.599. The van der Waals surface area contributed by atoms with Crippen LogP contribution in [0.4, 0.5) is 0 Å². The van der Waals surface area contributed by atoms with E-state index in [-0.39, 0.29) is 5.04 Å². The highest BCUT2D eigenvalue weighted by atomic mass is 35.5. The zero-order valence-corrected chi connectivity index (χ0v) is 16.8. The average molecular weight is 366 g/mol. The van der Waals surface area contributed by atoms with Crippen molar-refractivity contribution in [3.8, 4) is 0 Å². The molecule has 4 nitrogen and oxygen atoms in total. The molecule has 0 bridgehead atoms. The van der Waals surface area contributed by atoms with Crippen LogP contribution in [0.25, 0.3) is 11.0 Å². The predicted molar refractivity (Wildman–Crippen MR) is 102 cm³/mol. The summed E-state index contributed by atoms with van der Waals surface area (Å²) >= 11 is 6.16. The lowest BCUT2D eigenvalue weighted by molar-refractivity contribution is 0.244. The summed E-state index contributed by atoms with van der Waals surface area (Å²) in [5, 5.41) is 1.55. The van der Waals surface area contributed by atoms with Crippen LogP contribution in [0.1, 0.15) is 52.0 Å². The van der Waals surface area contributed by atoms with Crippen molar-refractivity contribution in [3.63, 3.8) is 0 Å². The Morgan fingerprint density at radius 2 is 1.92 bits per heavy atom. The first kappa shape index (κ1) is 17.9. The molecule has 0 radical (unpaired) electrons. The fourth-order valence-corrected chi connectivity index (χ4v) is 4.81. The Kier molecular flexibility index (Phi) is 4.79. The zero-order chi connectivity index (χ0) is 17.5. The van der Waals surface area contributed by atoms with E-state index in [0.717, 1.165) is 23.4 Å². The van der Waals surface area contributed by atoms with E-state index in [9.17, 15) is 4.80 Å². The van der Waals surface area contributed by atoms with Crippen molar-refractivity contribution in [1.82, 2.24) is 14.5 Å². The Balaban J connectivity index is 1.68. The molecule has 0 aromatic carbocycles. The molecular formula is C18H28ClN3OSi. The van der Waals surface area contributed by atoms with Gasteiger partial charge in [-0.3, -0.25) is 0 Å². The molecule has 1 saturated carbocycles. The minimum Gasteiger partial charge on any atom is -0.432 e. The van der Waals surface area contributed by atoms with E-state index < -0.39 is 8.32 Å². The van der Waals surface area contributed by atoms with E-state index in [1.807, 2.05) is 6.07 Å². The Morgan fingerprint density at radius 3 is 2.54 bits per heavy atom. The third-order valence-corrected chi connectivity index (χ3v) is 9.94. The summed E-state index contributed by atoms with van der Waals surface area (Å²) < 4.78 is 2.27. The Labute approximate surface area is 150 Å². The summed E-state index contributed by atoms with van der Waals surface area (Å²) in [6, 6.07) is 2.51. The van der Waals surface area contributed by atoms with Crippen LogP contribution in [0.15, 0.2) is 18.6 Å². The van der Waals surface area contributed by atoms with Crippen LogP contribution in [-0.4, -0.2) is 27.6 Å². The van der Waals surface area contributed by atoms with Gasteiger partial charge >= 0.3 is 0 Å². The van der Waals surface area contributed by atoms with Crippen molar-refractivity contribution in [3.05, 3.63) is 23.7 Å². The molecule has 2 aromatic heterocycles. The largest absolute Gasteiger partial charge is 0.432 e. The molecule has 132 valence electrons. The molecule has 0 saturated heterocycles. The van der Waals surface area contributed by atoms with Crippen LogP contribution in [0.5, 0.6) is 0 Å². The van der Waals surface area contributed by atoms with Crippen molar-refractivity contribution < 1.29 is 4.80 Å². The van der Waals surface area contributed by atoms with Crippen LogP contribution in [0.3, 0.4) is 0 Å². The highest BCUT2D eigenvalue weighted by Gasteiger charge is 2.40. The lowest BCUT2D eigenvalue weighted by atomic mass is 9.81. The molecule has 1 fully saturated rings. The summed E-state index contributed by atoms with van der Waals surface area (Å²) in [4.78, 5) is 19.0. The topological polar surface area (TPSA) is 50.9 Å². The van der Waals surface area contributed by atoms with Gasteiger partial charge in [0.05, 0.1) is 5.39 Å². The van der Waals surface area contributed by atoms with Gasteiger partial charge in [0.15, 0.2) is 8.32 Å². The third kappa shape index (κ3) is 3.39. The number of hydrogen-bond acceptors (Lipinski definition) is 3. The van der Waals surface area contributed by atoms with Crippen LogP contribution in [-0.2, 0) is 0 Å². The van der Waals surface area contributed by atoms with Gasteiger partial charge in [-0.05, 0) is 62.2 Å². The molecular weight excluding hydrogens is 338 g/mol. The first-order valence-corrected chi connectivity index (χ1v) is 12.2.